The van der Waals surface area contributed by atoms with Crippen molar-refractivity contribution in [3.63, 3.8) is 0 Å². The molecule has 0 aliphatic carbocycles. The lowest BCUT2D eigenvalue weighted by atomic mass is 10.2. The molecule has 0 bridgehead atoms. The molecular formula is C11H14FN3O4. The third-order valence-electron chi connectivity index (χ3n) is 2.24. The lowest BCUT2D eigenvalue weighted by molar-refractivity contribution is -0.387. The molecule has 19 heavy (non-hydrogen) atoms. The van der Waals surface area contributed by atoms with Gasteiger partial charge in [-0.15, -0.1) is 0 Å². The van der Waals surface area contributed by atoms with Crippen LogP contribution in [0.15, 0.2) is 18.2 Å². The molecule has 0 atom stereocenters. The van der Waals surface area contributed by atoms with Crippen molar-refractivity contribution in [3.05, 3.63) is 39.7 Å². The molecular weight excluding hydrogens is 257 g/mol. The van der Waals surface area contributed by atoms with Gasteiger partial charge in [0.15, 0.2) is 0 Å². The minimum Gasteiger partial charge on any atom is -0.370 e. The number of halogens is 1. The van der Waals surface area contributed by atoms with E-state index >= 15 is 0 Å². The predicted molar refractivity (Wildman–Crippen MR) is 64.8 cm³/mol. The van der Waals surface area contributed by atoms with E-state index in [-0.39, 0.29) is 25.3 Å². The Morgan fingerprint density at radius 3 is 2.89 bits per heavy atom. The summed E-state index contributed by atoms with van der Waals surface area (Å²) in [5, 5.41) is 13.4. The van der Waals surface area contributed by atoms with Crippen LogP contribution in [0.4, 0.5) is 10.1 Å². The summed E-state index contributed by atoms with van der Waals surface area (Å²) in [5.74, 6) is -1.41. The first kappa shape index (κ1) is 15.0. The Bertz CT molecular complexity index is 467. The Labute approximate surface area is 108 Å². The van der Waals surface area contributed by atoms with Crippen molar-refractivity contribution in [1.29, 1.82) is 0 Å². The molecule has 1 amide bonds. The topological polar surface area (TPSA) is 107 Å². The molecule has 0 aromatic heterocycles. The molecule has 1 aromatic rings. The van der Waals surface area contributed by atoms with Crippen molar-refractivity contribution < 1.29 is 18.8 Å². The molecule has 0 unspecified atom stereocenters. The second-order valence-corrected chi connectivity index (χ2v) is 3.70. The van der Waals surface area contributed by atoms with Crippen LogP contribution in [-0.2, 0) is 16.1 Å². The minimum absolute atomic E-state index is 0.132. The van der Waals surface area contributed by atoms with Crippen molar-refractivity contribution >= 4 is 11.6 Å². The maximum Gasteiger partial charge on any atom is 0.305 e. The summed E-state index contributed by atoms with van der Waals surface area (Å²) < 4.78 is 18.5. The van der Waals surface area contributed by atoms with Gasteiger partial charge in [-0.25, -0.2) is 0 Å². The molecule has 0 saturated heterocycles. The molecule has 0 aliphatic heterocycles. The van der Waals surface area contributed by atoms with E-state index < -0.39 is 22.3 Å². The normalized spacial score (nSPS) is 10.4. The van der Waals surface area contributed by atoms with Gasteiger partial charge in [0.05, 0.1) is 11.5 Å². The fraction of sp³-hybridized carbons (Fsp3) is 0.364. The zero-order valence-electron chi connectivity index (χ0n) is 10.1. The molecule has 1 rings (SSSR count). The van der Waals surface area contributed by atoms with Gasteiger partial charge in [-0.1, -0.05) is 12.1 Å². The number of nitro benzene ring substituents is 1. The fourth-order valence-corrected chi connectivity index (χ4v) is 1.38. The molecule has 0 heterocycles. The smallest absolute Gasteiger partial charge is 0.305 e. The monoisotopic (exact) mass is 271 g/mol. The van der Waals surface area contributed by atoms with Crippen molar-refractivity contribution in [2.75, 3.05) is 19.8 Å². The number of nitrogens with one attached hydrogen (secondary N) is 1. The van der Waals surface area contributed by atoms with Crippen LogP contribution in [0.3, 0.4) is 0 Å². The van der Waals surface area contributed by atoms with Gasteiger partial charge in [-0.3, -0.25) is 14.9 Å². The molecule has 0 fully saturated rings. The Kier molecular flexibility index (Phi) is 5.83. The second-order valence-electron chi connectivity index (χ2n) is 3.70. The van der Waals surface area contributed by atoms with E-state index in [9.17, 15) is 19.3 Å². The van der Waals surface area contributed by atoms with Gasteiger partial charge in [0, 0.05) is 24.7 Å². The van der Waals surface area contributed by atoms with Crippen LogP contribution in [0.25, 0.3) is 0 Å². The summed E-state index contributed by atoms with van der Waals surface area (Å²) in [6.07, 6.45) is 0. The number of hydrogen-bond donors (Lipinski definition) is 2. The van der Waals surface area contributed by atoms with Crippen molar-refractivity contribution in [2.24, 2.45) is 5.73 Å². The summed E-state index contributed by atoms with van der Waals surface area (Å²) in [4.78, 5) is 20.1. The number of hydrogen-bond acceptors (Lipinski definition) is 5. The van der Waals surface area contributed by atoms with Crippen LogP contribution >= 0.6 is 0 Å². The maximum atomic E-state index is 13.6. The molecule has 104 valence electrons. The molecule has 0 saturated carbocycles. The number of carbonyl (C=O) groups excluding carboxylic acids is 1. The van der Waals surface area contributed by atoms with Gasteiger partial charge in [-0.05, 0) is 0 Å². The standard InChI is InChI=1S/C11H14FN3O4/c12-11-8(2-1-3-9(11)15(17)18)6-14-4-5-19-7-10(13)16/h1-3,14H,4-7H2,(H2,13,16). The number of primary amides is 1. The Morgan fingerprint density at radius 1 is 1.53 bits per heavy atom. The van der Waals surface area contributed by atoms with E-state index in [4.69, 9.17) is 10.5 Å². The summed E-state index contributed by atoms with van der Waals surface area (Å²) in [5.41, 5.74) is 4.51. The van der Waals surface area contributed by atoms with E-state index in [1.807, 2.05) is 0 Å². The number of nitrogens with zero attached hydrogens (tertiary/aromatic N) is 1. The highest BCUT2D eigenvalue weighted by molar-refractivity contribution is 5.74. The number of amides is 1. The lowest BCUT2D eigenvalue weighted by Gasteiger charge is -2.06. The lowest BCUT2D eigenvalue weighted by Crippen LogP contribution is -2.24. The quantitative estimate of drug-likeness (QED) is 0.402. The molecule has 0 radical (unpaired) electrons. The van der Waals surface area contributed by atoms with Crippen molar-refractivity contribution in [3.8, 4) is 0 Å². The fourth-order valence-electron chi connectivity index (χ4n) is 1.38. The Morgan fingerprint density at radius 2 is 2.26 bits per heavy atom. The maximum absolute atomic E-state index is 13.6. The third-order valence-corrected chi connectivity index (χ3v) is 2.24. The average Bonchev–Trinajstić information content (AvgIpc) is 2.34. The zero-order valence-corrected chi connectivity index (χ0v) is 10.1. The Hall–Kier alpha value is -2.06. The average molecular weight is 271 g/mol. The molecule has 3 N–H and O–H groups in total. The molecule has 1 aromatic carbocycles. The SMILES string of the molecule is NC(=O)COCCNCc1cccc([N+](=O)[O-])c1F. The number of benzene rings is 1. The number of rotatable bonds is 8. The van der Waals surface area contributed by atoms with Gasteiger partial charge in [-0.2, -0.15) is 4.39 Å². The highest BCUT2D eigenvalue weighted by Gasteiger charge is 2.16. The number of ether oxygens (including phenoxy) is 1. The minimum atomic E-state index is -0.849. The number of nitrogens with two attached hydrogens (primary N) is 1. The van der Waals surface area contributed by atoms with Crippen LogP contribution in [0.1, 0.15) is 5.56 Å². The number of nitro groups is 1. The van der Waals surface area contributed by atoms with E-state index in [2.05, 4.69) is 5.32 Å². The molecule has 7 nitrogen and oxygen atoms in total. The first-order chi connectivity index (χ1) is 9.02. The first-order valence-corrected chi connectivity index (χ1v) is 5.51. The van der Waals surface area contributed by atoms with E-state index in [0.29, 0.717) is 6.54 Å². The first-order valence-electron chi connectivity index (χ1n) is 5.51. The van der Waals surface area contributed by atoms with Gasteiger partial charge in [0.25, 0.3) is 0 Å². The molecule has 0 spiro atoms. The van der Waals surface area contributed by atoms with Crippen LogP contribution in [0, 0.1) is 15.9 Å². The Balaban J connectivity index is 2.39. The summed E-state index contributed by atoms with van der Waals surface area (Å²) in [6, 6.07) is 3.98. The van der Waals surface area contributed by atoms with Gasteiger partial charge >= 0.3 is 5.69 Å². The molecule has 0 aliphatic rings. The van der Waals surface area contributed by atoms with Gasteiger partial charge in [0.1, 0.15) is 6.61 Å². The van der Waals surface area contributed by atoms with Crippen LogP contribution in [0.2, 0.25) is 0 Å². The molecule has 8 heteroatoms. The number of carbonyl (C=O) groups is 1. The summed E-state index contributed by atoms with van der Waals surface area (Å²) >= 11 is 0. The summed E-state index contributed by atoms with van der Waals surface area (Å²) in [7, 11) is 0. The third kappa shape index (κ3) is 4.98. The highest BCUT2D eigenvalue weighted by atomic mass is 19.1. The van der Waals surface area contributed by atoms with Gasteiger partial charge in [0.2, 0.25) is 11.7 Å². The predicted octanol–water partition coefficient (Wildman–Crippen LogP) is 0.325. The van der Waals surface area contributed by atoms with Gasteiger partial charge < -0.3 is 15.8 Å². The summed E-state index contributed by atoms with van der Waals surface area (Å²) in [6.45, 7) is 0.565. The van der Waals surface area contributed by atoms with E-state index in [0.717, 1.165) is 6.07 Å². The van der Waals surface area contributed by atoms with E-state index in [1.54, 1.807) is 0 Å². The van der Waals surface area contributed by atoms with E-state index in [1.165, 1.54) is 12.1 Å². The second kappa shape index (κ2) is 7.39. The van der Waals surface area contributed by atoms with Crippen LogP contribution in [0.5, 0.6) is 0 Å². The van der Waals surface area contributed by atoms with Crippen molar-refractivity contribution in [1.82, 2.24) is 5.32 Å². The van der Waals surface area contributed by atoms with Crippen LogP contribution in [-0.4, -0.2) is 30.6 Å². The van der Waals surface area contributed by atoms with Crippen LogP contribution < -0.4 is 11.1 Å². The van der Waals surface area contributed by atoms with Crippen molar-refractivity contribution in [2.45, 2.75) is 6.54 Å². The largest absolute Gasteiger partial charge is 0.370 e. The zero-order chi connectivity index (χ0) is 14.3. The highest BCUT2D eigenvalue weighted by Crippen LogP contribution is 2.19.